The van der Waals surface area contributed by atoms with Crippen molar-refractivity contribution < 1.29 is 30.4 Å². The van der Waals surface area contributed by atoms with E-state index in [1.807, 2.05) is 24.4 Å². The molecule has 0 N–H and O–H groups in total. The van der Waals surface area contributed by atoms with Crippen LogP contribution in [0.4, 0.5) is 0 Å². The van der Waals surface area contributed by atoms with Crippen molar-refractivity contribution in [3.05, 3.63) is 194 Å². The zero-order chi connectivity index (χ0) is 35.8. The van der Waals surface area contributed by atoms with Gasteiger partial charge in [0.2, 0.25) is 0 Å². The van der Waals surface area contributed by atoms with Gasteiger partial charge in [-0.15, -0.1) is 18.2 Å². The van der Waals surface area contributed by atoms with Crippen LogP contribution in [-0.2, 0) is 21.1 Å². The van der Waals surface area contributed by atoms with Crippen LogP contribution in [0.1, 0.15) is 11.7 Å². The van der Waals surface area contributed by atoms with Gasteiger partial charge >= 0.3 is 6.98 Å². The van der Waals surface area contributed by atoms with Crippen LogP contribution in [-0.4, -0.2) is 38.9 Å². The van der Waals surface area contributed by atoms with Gasteiger partial charge in [0.05, 0.1) is 22.5 Å². The number of hydrogen-bond acceptors (Lipinski definition) is 3. The van der Waals surface area contributed by atoms with Crippen molar-refractivity contribution in [2.45, 2.75) is 12.0 Å². The van der Waals surface area contributed by atoms with E-state index in [9.17, 15) is 0 Å². The molecule has 3 aliphatic rings. The Bertz CT molecular complexity index is 2820. The number of imidazole rings is 2. The first-order valence-corrected chi connectivity index (χ1v) is 18.3. The summed E-state index contributed by atoms with van der Waals surface area (Å²) >= 11 is 0. The Kier molecular flexibility index (Phi) is 8.16. The van der Waals surface area contributed by atoms with Crippen LogP contribution in [0, 0.1) is 18.5 Å². The topological polar surface area (TPSA) is 39.1 Å². The van der Waals surface area contributed by atoms with Gasteiger partial charge in [-0.25, -0.2) is 11.1 Å². The maximum atomic E-state index is 6.56. The van der Waals surface area contributed by atoms with E-state index < -0.39 is 0 Å². The largest absolute Gasteiger partial charge is 0.522 e. The minimum absolute atomic E-state index is 0. The van der Waals surface area contributed by atoms with Gasteiger partial charge in [-0.3, -0.25) is 4.57 Å². The molecule has 2 aliphatic heterocycles. The fourth-order valence-electron chi connectivity index (χ4n) is 8.66. The summed E-state index contributed by atoms with van der Waals surface area (Å²) in [6.07, 6.45) is 15.6. The summed E-state index contributed by atoms with van der Waals surface area (Å²) < 4.78 is 13.1. The van der Waals surface area contributed by atoms with Crippen molar-refractivity contribution in [3.63, 3.8) is 0 Å². The van der Waals surface area contributed by atoms with Crippen molar-refractivity contribution in [3.8, 4) is 50.5 Å². The first-order valence-electron chi connectivity index (χ1n) is 18.3. The molecule has 6 nitrogen and oxygen atoms in total. The molecule has 0 saturated heterocycles. The molecule has 0 fully saturated rings. The number of para-hydroxylation sites is 2. The molecule has 0 amide bonds. The summed E-state index contributed by atoms with van der Waals surface area (Å²) in [7, 11) is 2.17. The fraction of sp³-hybridized carbons (Fsp3) is 0.0638. The monoisotopic (exact) mass is 888 g/mol. The fourth-order valence-corrected chi connectivity index (χ4v) is 8.66. The number of benzene rings is 6. The van der Waals surface area contributed by atoms with E-state index in [-0.39, 0.29) is 40.0 Å². The number of aromatic nitrogens is 4. The van der Waals surface area contributed by atoms with Gasteiger partial charge in [-0.2, -0.15) is 18.2 Å². The molecule has 1 aliphatic carbocycles. The molecule has 0 radical (unpaired) electrons. The van der Waals surface area contributed by atoms with Crippen molar-refractivity contribution >= 4 is 23.5 Å². The molecule has 11 rings (SSSR count). The minimum Gasteiger partial charge on any atom is -0.522 e. The van der Waals surface area contributed by atoms with E-state index in [1.54, 1.807) is 0 Å². The molecule has 0 saturated carbocycles. The van der Waals surface area contributed by atoms with Crippen LogP contribution < -0.4 is 14.8 Å². The Hall–Kier alpha value is -6.01. The van der Waals surface area contributed by atoms with Crippen LogP contribution in [0.2, 0.25) is 0 Å². The number of rotatable bonds is 4. The summed E-state index contributed by atoms with van der Waals surface area (Å²) in [5.41, 5.74) is 12.3. The molecule has 8 aromatic rings. The smallest absolute Gasteiger partial charge is 0.383 e. The molecular weight excluding hydrogens is 856 g/mol. The van der Waals surface area contributed by atoms with Gasteiger partial charge in [0.1, 0.15) is 0 Å². The predicted octanol–water partition coefficient (Wildman–Crippen LogP) is 7.99. The number of likely N-dealkylation sites (N-methyl/N-ethyl adjacent to an activating group) is 1. The average Bonchev–Trinajstić information content (AvgIpc) is 3.88. The van der Waals surface area contributed by atoms with Crippen LogP contribution in [0.3, 0.4) is 0 Å². The Labute approximate surface area is 334 Å². The van der Waals surface area contributed by atoms with E-state index in [0.717, 1.165) is 39.4 Å². The van der Waals surface area contributed by atoms with Crippen LogP contribution in [0.15, 0.2) is 170 Å². The van der Waals surface area contributed by atoms with Crippen molar-refractivity contribution in [1.29, 1.82) is 0 Å². The van der Waals surface area contributed by atoms with Crippen molar-refractivity contribution in [2.24, 2.45) is 0 Å². The molecule has 55 heavy (non-hydrogen) atoms. The first-order chi connectivity index (χ1) is 26.7. The van der Waals surface area contributed by atoms with Gasteiger partial charge in [0.15, 0.2) is 0 Å². The quantitative estimate of drug-likeness (QED) is 0.102. The van der Waals surface area contributed by atoms with E-state index >= 15 is 0 Å². The Morgan fingerprint density at radius 3 is 2.15 bits per heavy atom. The second-order valence-electron chi connectivity index (χ2n) is 14.0. The Morgan fingerprint density at radius 2 is 1.36 bits per heavy atom. The van der Waals surface area contributed by atoms with E-state index in [1.165, 1.54) is 27.7 Å². The summed E-state index contributed by atoms with van der Waals surface area (Å²) in [6, 6.07) is 52.8. The number of fused-ring (bicyclic) bond motifs is 10. The first kappa shape index (κ1) is 33.6. The van der Waals surface area contributed by atoms with Crippen LogP contribution in [0.25, 0.3) is 55.8 Å². The molecule has 8 heteroatoms. The predicted molar refractivity (Wildman–Crippen MR) is 213 cm³/mol. The molecule has 2 aromatic heterocycles. The van der Waals surface area contributed by atoms with E-state index in [4.69, 9.17) is 9.72 Å². The summed E-state index contributed by atoms with van der Waals surface area (Å²) in [6.45, 7) is 0.0454. The maximum Gasteiger partial charge on any atom is 0.383 e. The number of allylic oxidation sites excluding steroid dienone is 1. The molecule has 0 spiro atoms. The van der Waals surface area contributed by atoms with Gasteiger partial charge < -0.3 is 18.6 Å². The third-order valence-corrected chi connectivity index (χ3v) is 11.0. The van der Waals surface area contributed by atoms with Crippen LogP contribution in [0.5, 0.6) is 5.75 Å². The Morgan fingerprint density at radius 1 is 0.709 bits per heavy atom. The number of nitrogens with zero attached hydrogens (tertiary/aromatic N) is 5. The number of ether oxygens (including phenoxy) is 1. The standard InChI is InChI=1S/C47H32BN5O.Pt/c1-50-43-26-25-35(30-42(43)47-49-27-28-53(47)48(50)32-13-3-2-4-14-32)54-34-16-11-15-33(29-34)51-31-52-44-23-10-9-21-40(44)38-19-7-5-17-36(38)37-18-6-8-20-39(37)41-22-12-24-45(51)46(41)52;/h2-28,42-43H,1H3;/q-2;. The van der Waals surface area contributed by atoms with Gasteiger partial charge in [-0.1, -0.05) is 115 Å². The maximum absolute atomic E-state index is 6.56. The normalized spacial score (nSPS) is 16.6. The van der Waals surface area contributed by atoms with Gasteiger partial charge in [0, 0.05) is 45.3 Å². The number of hydrogen-bond donors (Lipinski definition) is 0. The zero-order valence-electron chi connectivity index (χ0n) is 29.8. The molecule has 266 valence electrons. The minimum atomic E-state index is -0.0844. The van der Waals surface area contributed by atoms with E-state index in [2.05, 4.69) is 184 Å². The second kappa shape index (κ2) is 13.4. The molecular formula is C47H32BN5OPt-2. The Balaban J connectivity index is 0.00000372. The van der Waals surface area contributed by atoms with Crippen LogP contribution >= 0.6 is 0 Å². The summed E-state index contributed by atoms with van der Waals surface area (Å²) in [5, 5.41) is 0. The molecule has 2 unspecified atom stereocenters. The third kappa shape index (κ3) is 5.33. The molecule has 0 bridgehead atoms. The molecule has 2 atom stereocenters. The van der Waals surface area contributed by atoms with Gasteiger partial charge in [0.25, 0.3) is 6.33 Å². The zero-order valence-corrected chi connectivity index (χ0v) is 32.1. The summed E-state index contributed by atoms with van der Waals surface area (Å²) in [5.74, 6) is 2.14. The van der Waals surface area contributed by atoms with E-state index in [0.29, 0.717) is 11.5 Å². The average molecular weight is 889 g/mol. The van der Waals surface area contributed by atoms with Gasteiger partial charge in [-0.05, 0) is 69.3 Å². The van der Waals surface area contributed by atoms with Crippen molar-refractivity contribution in [2.75, 3.05) is 7.05 Å². The molecule has 4 heterocycles. The third-order valence-electron chi connectivity index (χ3n) is 11.0. The molecule has 6 aromatic carbocycles. The SMILES string of the molecule is CN1B(c2ccccc2)n2ccnc2C2[C-]=C(Oc3[c-]c(-n4[c-][n+]5c6c(cccc64)-c4ccccc4-c4ccccc4-c4ccccc4-5)ccc3)C=CC21.[Pt]. The second-order valence-corrected chi connectivity index (χ2v) is 14.0. The summed E-state index contributed by atoms with van der Waals surface area (Å²) in [4.78, 5) is 7.19. The van der Waals surface area contributed by atoms with Crippen molar-refractivity contribution in [1.82, 2.24) is 18.8 Å².